The lowest BCUT2D eigenvalue weighted by Gasteiger charge is -2.11. The van der Waals surface area contributed by atoms with Gasteiger partial charge < -0.3 is 14.8 Å². The maximum absolute atomic E-state index is 12.3. The minimum absolute atomic E-state index is 0.218. The van der Waals surface area contributed by atoms with Crippen molar-refractivity contribution in [1.29, 1.82) is 0 Å². The number of carbonyl (C=O) groups excluding carboxylic acids is 2. The molecule has 0 aromatic heterocycles. The van der Waals surface area contributed by atoms with Gasteiger partial charge in [-0.25, -0.2) is 5.43 Å². The number of rotatable bonds is 8. The summed E-state index contributed by atoms with van der Waals surface area (Å²) in [5.74, 6) is 0.265. The molecule has 0 bridgehead atoms. The van der Waals surface area contributed by atoms with Gasteiger partial charge in [0.05, 0.1) is 13.3 Å². The highest BCUT2D eigenvalue weighted by molar-refractivity contribution is 9.10. The van der Waals surface area contributed by atoms with Crippen molar-refractivity contribution in [1.82, 2.24) is 5.43 Å². The molecule has 9 heteroatoms. The summed E-state index contributed by atoms with van der Waals surface area (Å²) in [7, 11) is 1.53. The van der Waals surface area contributed by atoms with Gasteiger partial charge in [-0.2, -0.15) is 5.10 Å². The third-order valence-electron chi connectivity index (χ3n) is 4.49. The Balaban J connectivity index is 1.62. The van der Waals surface area contributed by atoms with Crippen LogP contribution in [-0.4, -0.2) is 31.7 Å². The Labute approximate surface area is 204 Å². The molecule has 0 saturated heterocycles. The quantitative estimate of drug-likeness (QED) is 0.309. The smallest absolute Gasteiger partial charge is 0.271 e. The predicted octanol–water partition coefficient (Wildman–Crippen LogP) is 5.20. The number of hydrogen-bond acceptors (Lipinski definition) is 5. The lowest BCUT2D eigenvalue weighted by molar-refractivity contribution is -0.118. The van der Waals surface area contributed by atoms with Crippen LogP contribution in [0, 0.1) is 6.92 Å². The van der Waals surface area contributed by atoms with Crippen LogP contribution in [0.5, 0.6) is 11.5 Å². The zero-order valence-electron chi connectivity index (χ0n) is 17.9. The Morgan fingerprint density at radius 3 is 2.70 bits per heavy atom. The van der Waals surface area contributed by atoms with E-state index in [1.54, 1.807) is 54.6 Å². The van der Waals surface area contributed by atoms with E-state index in [-0.39, 0.29) is 12.5 Å². The summed E-state index contributed by atoms with van der Waals surface area (Å²) in [6.07, 6.45) is 1.44. The molecule has 33 heavy (non-hydrogen) atoms. The second-order valence-electron chi connectivity index (χ2n) is 6.91. The van der Waals surface area contributed by atoms with Crippen LogP contribution in [0.25, 0.3) is 0 Å². The molecular weight excluding hydrogens is 510 g/mol. The second kappa shape index (κ2) is 11.5. The molecule has 0 aliphatic rings. The fourth-order valence-electron chi connectivity index (χ4n) is 2.75. The molecule has 0 aliphatic carbocycles. The van der Waals surface area contributed by atoms with Crippen molar-refractivity contribution in [2.45, 2.75) is 6.92 Å². The van der Waals surface area contributed by atoms with Gasteiger partial charge >= 0.3 is 0 Å². The van der Waals surface area contributed by atoms with Gasteiger partial charge in [-0.3, -0.25) is 9.59 Å². The Kier molecular flexibility index (Phi) is 8.46. The van der Waals surface area contributed by atoms with E-state index in [1.165, 1.54) is 13.3 Å². The Bertz CT molecular complexity index is 1200. The van der Waals surface area contributed by atoms with E-state index in [1.807, 2.05) is 13.0 Å². The van der Waals surface area contributed by atoms with Crippen molar-refractivity contribution in [3.63, 3.8) is 0 Å². The minimum Gasteiger partial charge on any atom is -0.497 e. The molecule has 3 aromatic rings. The van der Waals surface area contributed by atoms with E-state index >= 15 is 0 Å². The zero-order chi connectivity index (χ0) is 23.8. The predicted molar refractivity (Wildman–Crippen MR) is 133 cm³/mol. The summed E-state index contributed by atoms with van der Waals surface area (Å²) in [5.41, 5.74) is 4.94. The lowest BCUT2D eigenvalue weighted by Crippen LogP contribution is -2.20. The topological polar surface area (TPSA) is 89.0 Å². The number of benzene rings is 3. The number of amides is 2. The Morgan fingerprint density at radius 1 is 1.12 bits per heavy atom. The minimum atomic E-state index is -0.390. The van der Waals surface area contributed by atoms with Crippen LogP contribution >= 0.6 is 27.5 Å². The number of nitrogens with zero attached hydrogens (tertiary/aromatic N) is 1. The molecule has 0 spiro atoms. The summed E-state index contributed by atoms with van der Waals surface area (Å²) in [6.45, 7) is 1.66. The molecule has 0 saturated carbocycles. The summed E-state index contributed by atoms with van der Waals surface area (Å²) in [5, 5.41) is 7.31. The van der Waals surface area contributed by atoms with Crippen LogP contribution in [0.4, 0.5) is 5.69 Å². The standard InChI is InChI=1S/C24H21BrClN3O4/c1-15-6-8-19(12-21(15)26)28-23(30)14-33-22-9-7-18(25)10-17(22)13-27-29-24(31)16-4-3-5-20(11-16)32-2/h3-13H,14H2,1-2H3,(H,28,30)(H,29,31)/b27-13+. The monoisotopic (exact) mass is 529 g/mol. The largest absolute Gasteiger partial charge is 0.497 e. The van der Waals surface area contributed by atoms with E-state index in [0.29, 0.717) is 33.3 Å². The van der Waals surface area contributed by atoms with Gasteiger partial charge in [-0.15, -0.1) is 0 Å². The number of nitrogens with one attached hydrogen (secondary N) is 2. The molecule has 2 amide bonds. The number of hydrogen-bond donors (Lipinski definition) is 2. The van der Waals surface area contributed by atoms with Crippen molar-refractivity contribution in [2.24, 2.45) is 5.10 Å². The molecular formula is C24H21BrClN3O4. The van der Waals surface area contributed by atoms with E-state index in [0.717, 1.165) is 10.0 Å². The number of hydrazone groups is 1. The van der Waals surface area contributed by atoms with Gasteiger partial charge in [0, 0.05) is 26.3 Å². The second-order valence-corrected chi connectivity index (χ2v) is 8.24. The maximum Gasteiger partial charge on any atom is 0.271 e. The number of methoxy groups -OCH3 is 1. The lowest BCUT2D eigenvalue weighted by atomic mass is 10.2. The number of ether oxygens (including phenoxy) is 2. The van der Waals surface area contributed by atoms with Crippen molar-refractivity contribution in [3.8, 4) is 11.5 Å². The molecule has 0 aliphatic heterocycles. The highest BCUT2D eigenvalue weighted by Crippen LogP contribution is 2.23. The van der Waals surface area contributed by atoms with Gasteiger partial charge in [0.1, 0.15) is 11.5 Å². The first-order chi connectivity index (χ1) is 15.9. The van der Waals surface area contributed by atoms with Gasteiger partial charge in [0.2, 0.25) is 0 Å². The van der Waals surface area contributed by atoms with Crippen molar-refractivity contribution in [2.75, 3.05) is 19.0 Å². The summed E-state index contributed by atoms with van der Waals surface area (Å²) < 4.78 is 11.6. The van der Waals surface area contributed by atoms with Crippen molar-refractivity contribution >= 4 is 51.2 Å². The molecule has 0 atom stereocenters. The van der Waals surface area contributed by atoms with E-state index in [2.05, 4.69) is 31.8 Å². The van der Waals surface area contributed by atoms with Crippen LogP contribution in [0.2, 0.25) is 5.02 Å². The third kappa shape index (κ3) is 7.06. The van der Waals surface area contributed by atoms with Crippen LogP contribution in [0.1, 0.15) is 21.5 Å². The molecule has 2 N–H and O–H groups in total. The molecule has 0 heterocycles. The summed E-state index contributed by atoms with van der Waals surface area (Å²) >= 11 is 9.49. The Hall–Kier alpha value is -3.36. The van der Waals surface area contributed by atoms with Crippen LogP contribution in [0.15, 0.2) is 70.2 Å². The van der Waals surface area contributed by atoms with Gasteiger partial charge in [0.25, 0.3) is 11.8 Å². The molecule has 7 nitrogen and oxygen atoms in total. The molecule has 3 aromatic carbocycles. The zero-order valence-corrected chi connectivity index (χ0v) is 20.2. The highest BCUT2D eigenvalue weighted by Gasteiger charge is 2.09. The fourth-order valence-corrected chi connectivity index (χ4v) is 3.31. The number of anilines is 1. The molecule has 170 valence electrons. The van der Waals surface area contributed by atoms with Crippen molar-refractivity contribution in [3.05, 3.63) is 86.8 Å². The highest BCUT2D eigenvalue weighted by atomic mass is 79.9. The van der Waals surface area contributed by atoms with Gasteiger partial charge in [-0.05, 0) is 61.0 Å². The average molecular weight is 531 g/mol. The van der Waals surface area contributed by atoms with E-state index in [9.17, 15) is 9.59 Å². The fraction of sp³-hybridized carbons (Fsp3) is 0.125. The van der Waals surface area contributed by atoms with Gasteiger partial charge in [0.15, 0.2) is 6.61 Å². The van der Waals surface area contributed by atoms with Crippen LogP contribution in [0.3, 0.4) is 0 Å². The SMILES string of the molecule is COc1cccc(C(=O)N/N=C/c2cc(Br)ccc2OCC(=O)Nc2ccc(C)c(Cl)c2)c1. The number of aryl methyl sites for hydroxylation is 1. The number of halogens is 2. The summed E-state index contributed by atoms with van der Waals surface area (Å²) in [6, 6.07) is 17.2. The van der Waals surface area contributed by atoms with E-state index in [4.69, 9.17) is 21.1 Å². The molecule has 0 fully saturated rings. The maximum atomic E-state index is 12.3. The molecule has 0 unspecified atom stereocenters. The average Bonchev–Trinajstić information content (AvgIpc) is 2.81. The molecule has 3 rings (SSSR count). The van der Waals surface area contributed by atoms with E-state index < -0.39 is 5.91 Å². The first-order valence-corrected chi connectivity index (χ1v) is 11.0. The first kappa shape index (κ1) is 24.3. The van der Waals surface area contributed by atoms with Crippen molar-refractivity contribution < 1.29 is 19.1 Å². The summed E-state index contributed by atoms with van der Waals surface area (Å²) in [4.78, 5) is 24.6. The van der Waals surface area contributed by atoms with Gasteiger partial charge in [-0.1, -0.05) is 39.7 Å². The van der Waals surface area contributed by atoms with Crippen LogP contribution < -0.4 is 20.2 Å². The first-order valence-electron chi connectivity index (χ1n) is 9.81. The normalized spacial score (nSPS) is 10.7. The Morgan fingerprint density at radius 2 is 1.94 bits per heavy atom. The molecule has 0 radical (unpaired) electrons. The van der Waals surface area contributed by atoms with Crippen LogP contribution in [-0.2, 0) is 4.79 Å². The number of carbonyl (C=O) groups is 2. The third-order valence-corrected chi connectivity index (χ3v) is 5.39.